The van der Waals surface area contributed by atoms with Crippen LogP contribution in [0.3, 0.4) is 0 Å². The molecule has 2 nitrogen and oxygen atoms in total. The van der Waals surface area contributed by atoms with E-state index in [-0.39, 0.29) is 0 Å². The summed E-state index contributed by atoms with van der Waals surface area (Å²) in [6.45, 7) is 1.01. The summed E-state index contributed by atoms with van der Waals surface area (Å²) < 4.78 is 3.20. The summed E-state index contributed by atoms with van der Waals surface area (Å²) in [5.41, 5.74) is 1.42. The van der Waals surface area contributed by atoms with E-state index in [2.05, 4.69) is 34.0 Å². The lowest BCUT2D eigenvalue weighted by atomic mass is 10.2. The smallest absolute Gasteiger partial charge is 0.0324 e. The molecule has 3 rings (SSSR count). The number of pyridine rings is 1. The van der Waals surface area contributed by atoms with Crippen LogP contribution in [0.4, 0.5) is 0 Å². The molecule has 0 saturated carbocycles. The van der Waals surface area contributed by atoms with Crippen molar-refractivity contribution in [1.82, 2.24) is 9.71 Å². The van der Waals surface area contributed by atoms with Crippen molar-refractivity contribution in [2.24, 2.45) is 0 Å². The van der Waals surface area contributed by atoms with E-state index >= 15 is 0 Å². The van der Waals surface area contributed by atoms with Crippen LogP contribution in [-0.2, 0) is 6.54 Å². The van der Waals surface area contributed by atoms with Crippen LogP contribution in [0.5, 0.6) is 0 Å². The van der Waals surface area contributed by atoms with Crippen LogP contribution in [0.2, 0.25) is 0 Å². The lowest BCUT2D eigenvalue weighted by Gasteiger charge is -1.90. The number of aromatic nitrogens is 1. The van der Waals surface area contributed by atoms with Gasteiger partial charge in [-0.3, -0.25) is 9.71 Å². The van der Waals surface area contributed by atoms with Crippen LogP contribution in [-0.4, -0.2) is 4.98 Å². The van der Waals surface area contributed by atoms with Gasteiger partial charge in [0.15, 0.2) is 0 Å². The van der Waals surface area contributed by atoms with Crippen LogP contribution >= 0.6 is 11.9 Å². The third kappa shape index (κ3) is 3.08. The maximum Gasteiger partial charge on any atom is 0.0324 e. The van der Waals surface area contributed by atoms with Gasteiger partial charge in [-0.05, 0) is 35.7 Å². The Bertz CT molecular complexity index is 354. The number of fused-ring (bicyclic) bond motifs is 1. The Hall–Kier alpha value is -1.32. The van der Waals surface area contributed by atoms with Gasteiger partial charge in [0.1, 0.15) is 0 Å². The van der Waals surface area contributed by atoms with Gasteiger partial charge < -0.3 is 0 Å². The van der Waals surface area contributed by atoms with Gasteiger partial charge in [-0.1, -0.05) is 24.3 Å². The molecule has 76 valence electrons. The summed E-state index contributed by atoms with van der Waals surface area (Å²) >= 11 is 1.72. The molecule has 3 heteroatoms. The van der Waals surface area contributed by atoms with E-state index in [1.165, 1.54) is 10.5 Å². The quantitative estimate of drug-likeness (QED) is 0.685. The third-order valence-corrected chi connectivity index (χ3v) is 2.89. The standard InChI is InChI=1S/C7H7NS.C5H5N/c1-2-4-7-6(3-1)5-8-9-7;1-2-4-6-5-3-1/h1-4,8H,5H2;1-5H. The molecule has 15 heavy (non-hydrogen) atoms. The molecule has 0 radical (unpaired) electrons. The first-order valence-corrected chi connectivity index (χ1v) is 5.61. The Labute approximate surface area is 93.9 Å². The number of benzene rings is 1. The van der Waals surface area contributed by atoms with E-state index in [4.69, 9.17) is 0 Å². The summed E-state index contributed by atoms with van der Waals surface area (Å²) in [6, 6.07) is 14.2. The summed E-state index contributed by atoms with van der Waals surface area (Å²) in [5.74, 6) is 0. The molecule has 1 N–H and O–H groups in total. The van der Waals surface area contributed by atoms with E-state index < -0.39 is 0 Å². The van der Waals surface area contributed by atoms with Crippen molar-refractivity contribution in [3.05, 3.63) is 60.4 Å². The number of hydrogen-bond acceptors (Lipinski definition) is 3. The average molecular weight is 216 g/mol. The van der Waals surface area contributed by atoms with Crippen molar-refractivity contribution in [2.45, 2.75) is 11.4 Å². The van der Waals surface area contributed by atoms with E-state index in [1.807, 2.05) is 18.2 Å². The summed E-state index contributed by atoms with van der Waals surface area (Å²) in [7, 11) is 0. The predicted octanol–water partition coefficient (Wildman–Crippen LogP) is 2.88. The number of nitrogens with zero attached hydrogens (tertiary/aromatic N) is 1. The number of nitrogens with one attached hydrogen (secondary N) is 1. The van der Waals surface area contributed by atoms with E-state index in [1.54, 1.807) is 24.3 Å². The number of hydrogen-bond donors (Lipinski definition) is 1. The van der Waals surface area contributed by atoms with E-state index in [9.17, 15) is 0 Å². The van der Waals surface area contributed by atoms with Gasteiger partial charge in [0.05, 0.1) is 0 Å². The minimum absolute atomic E-state index is 1.01. The lowest BCUT2D eigenvalue weighted by Crippen LogP contribution is -1.90. The third-order valence-electron chi connectivity index (χ3n) is 1.98. The SMILES string of the molecule is c1ccc2c(c1)CNS2.c1ccncc1. The average Bonchev–Trinajstić information content (AvgIpc) is 2.80. The summed E-state index contributed by atoms with van der Waals surface area (Å²) in [5, 5.41) is 0. The fraction of sp³-hybridized carbons (Fsp3) is 0.0833. The normalized spacial score (nSPS) is 12.5. The Kier molecular flexibility index (Phi) is 3.77. The zero-order valence-electron chi connectivity index (χ0n) is 8.26. The van der Waals surface area contributed by atoms with Crippen LogP contribution in [0, 0.1) is 0 Å². The first kappa shape index (κ1) is 10.2. The molecule has 0 unspecified atom stereocenters. The van der Waals surface area contributed by atoms with Gasteiger partial charge in [0.25, 0.3) is 0 Å². The largest absolute Gasteiger partial charge is 0.265 e. The zero-order chi connectivity index (χ0) is 10.3. The van der Waals surface area contributed by atoms with Crippen molar-refractivity contribution in [3.63, 3.8) is 0 Å². The van der Waals surface area contributed by atoms with E-state index in [0.29, 0.717) is 0 Å². The molecule has 0 saturated heterocycles. The van der Waals surface area contributed by atoms with Gasteiger partial charge >= 0.3 is 0 Å². The van der Waals surface area contributed by atoms with Crippen LogP contribution in [0.25, 0.3) is 0 Å². The highest BCUT2D eigenvalue weighted by Gasteiger charge is 2.07. The molecule has 1 aromatic heterocycles. The van der Waals surface area contributed by atoms with E-state index in [0.717, 1.165) is 6.54 Å². The lowest BCUT2D eigenvalue weighted by molar-refractivity contribution is 0.994. The molecule has 0 bridgehead atoms. The predicted molar refractivity (Wildman–Crippen MR) is 63.4 cm³/mol. The van der Waals surface area contributed by atoms with Crippen molar-refractivity contribution in [1.29, 1.82) is 0 Å². The van der Waals surface area contributed by atoms with Gasteiger partial charge in [0, 0.05) is 23.8 Å². The van der Waals surface area contributed by atoms with Crippen molar-refractivity contribution in [2.75, 3.05) is 0 Å². The zero-order valence-corrected chi connectivity index (χ0v) is 9.08. The fourth-order valence-electron chi connectivity index (χ4n) is 1.25. The summed E-state index contributed by atoms with van der Waals surface area (Å²) in [4.78, 5) is 5.16. The van der Waals surface area contributed by atoms with Crippen LogP contribution in [0.15, 0.2) is 59.8 Å². The Morgan fingerprint density at radius 1 is 1.00 bits per heavy atom. The first-order valence-electron chi connectivity index (χ1n) is 4.79. The molecule has 2 heterocycles. The molecule has 0 fully saturated rings. The Balaban J connectivity index is 0.000000124. The maximum absolute atomic E-state index is 3.78. The highest BCUT2D eigenvalue weighted by molar-refractivity contribution is 7.97. The monoisotopic (exact) mass is 216 g/mol. The molecular weight excluding hydrogens is 204 g/mol. The van der Waals surface area contributed by atoms with Crippen molar-refractivity contribution < 1.29 is 0 Å². The molecule has 0 amide bonds. The van der Waals surface area contributed by atoms with Gasteiger partial charge in [-0.25, -0.2) is 0 Å². The minimum Gasteiger partial charge on any atom is -0.265 e. The highest BCUT2D eigenvalue weighted by Crippen LogP contribution is 2.25. The maximum atomic E-state index is 3.78. The molecule has 0 atom stereocenters. The minimum atomic E-state index is 1.01. The fourth-order valence-corrected chi connectivity index (χ4v) is 2.05. The second-order valence-corrected chi connectivity index (χ2v) is 3.99. The highest BCUT2D eigenvalue weighted by atomic mass is 32.2. The van der Waals surface area contributed by atoms with Crippen molar-refractivity contribution >= 4 is 11.9 Å². The van der Waals surface area contributed by atoms with Crippen LogP contribution < -0.4 is 4.72 Å². The van der Waals surface area contributed by atoms with Crippen molar-refractivity contribution in [3.8, 4) is 0 Å². The second kappa shape index (κ2) is 5.53. The Morgan fingerprint density at radius 2 is 1.80 bits per heavy atom. The molecule has 1 aliphatic rings. The van der Waals surface area contributed by atoms with Crippen LogP contribution in [0.1, 0.15) is 5.56 Å². The molecule has 1 aliphatic heterocycles. The topological polar surface area (TPSA) is 24.9 Å². The first-order chi connectivity index (χ1) is 7.47. The molecular formula is C12H12N2S. The van der Waals surface area contributed by atoms with Gasteiger partial charge in [0.2, 0.25) is 0 Å². The van der Waals surface area contributed by atoms with Gasteiger partial charge in [-0.15, -0.1) is 0 Å². The number of rotatable bonds is 0. The summed E-state index contributed by atoms with van der Waals surface area (Å²) in [6.07, 6.45) is 3.50. The van der Waals surface area contributed by atoms with Gasteiger partial charge in [-0.2, -0.15) is 0 Å². The molecule has 1 aromatic carbocycles. The Morgan fingerprint density at radius 3 is 2.40 bits per heavy atom. The second-order valence-electron chi connectivity index (χ2n) is 3.06. The molecule has 0 aliphatic carbocycles. The molecule has 0 spiro atoms. The molecule has 2 aromatic rings.